The fourth-order valence-corrected chi connectivity index (χ4v) is 2.14. The van der Waals surface area contributed by atoms with Crippen LogP contribution in [0.5, 0.6) is 0 Å². The van der Waals surface area contributed by atoms with Crippen LogP contribution in [0.15, 0.2) is 15.9 Å². The number of hydrogen-bond acceptors (Lipinski definition) is 3. The Bertz CT molecular complexity index is 186. The van der Waals surface area contributed by atoms with Crippen molar-refractivity contribution in [2.45, 2.75) is 30.5 Å². The molecule has 0 aliphatic carbocycles. The van der Waals surface area contributed by atoms with Gasteiger partial charge in [0.15, 0.2) is 0 Å². The number of nitrogens with zero attached hydrogens (tertiary/aromatic N) is 1. The Morgan fingerprint density at radius 3 is 2.60 bits per heavy atom. The molecule has 1 aromatic rings. The lowest BCUT2D eigenvalue weighted by Gasteiger charge is -2.14. The molecule has 0 amide bonds. The molecule has 0 aliphatic rings. The highest BCUT2D eigenvalue weighted by Crippen LogP contribution is 2.30. The highest BCUT2D eigenvalue weighted by molar-refractivity contribution is 8.00. The third kappa shape index (κ3) is 2.71. The zero-order chi connectivity index (χ0) is 7.61. The average Bonchev–Trinajstić information content (AvgIpc) is 2.12. The maximum absolute atomic E-state index is 4.18. The largest absolute Gasteiger partial charge is 0.238 e. The Balaban J connectivity index is 2.57. The molecular weight excluding hydrogens is 162 g/mol. The van der Waals surface area contributed by atoms with Crippen LogP contribution in [0.25, 0.3) is 0 Å². The summed E-state index contributed by atoms with van der Waals surface area (Å²) < 4.78 is 0.286. The minimum absolute atomic E-state index is 0.286. The van der Waals surface area contributed by atoms with E-state index in [1.165, 1.54) is 0 Å². The van der Waals surface area contributed by atoms with Crippen molar-refractivity contribution < 1.29 is 0 Å². The summed E-state index contributed by atoms with van der Waals surface area (Å²) in [7, 11) is 0. The molecule has 0 aromatic carbocycles. The van der Waals surface area contributed by atoms with E-state index >= 15 is 0 Å². The molecular formula is C7H11NS2. The van der Waals surface area contributed by atoms with E-state index in [2.05, 4.69) is 31.1 Å². The zero-order valence-corrected chi connectivity index (χ0v) is 8.05. The first-order valence-electron chi connectivity index (χ1n) is 3.15. The summed E-state index contributed by atoms with van der Waals surface area (Å²) in [5.74, 6) is 0. The second kappa shape index (κ2) is 2.93. The fourth-order valence-electron chi connectivity index (χ4n) is 0.566. The van der Waals surface area contributed by atoms with Crippen molar-refractivity contribution in [3.63, 3.8) is 0 Å². The molecule has 0 fully saturated rings. The van der Waals surface area contributed by atoms with Crippen molar-refractivity contribution in [3.05, 3.63) is 10.9 Å². The topological polar surface area (TPSA) is 12.9 Å². The second-order valence-corrected chi connectivity index (χ2v) is 5.61. The molecule has 0 atom stereocenters. The normalized spacial score (nSPS) is 11.9. The van der Waals surface area contributed by atoms with E-state index in [4.69, 9.17) is 0 Å². The summed E-state index contributed by atoms with van der Waals surface area (Å²) in [6.07, 6.45) is 0. The van der Waals surface area contributed by atoms with Crippen molar-refractivity contribution in [1.82, 2.24) is 4.98 Å². The molecule has 0 saturated carbocycles. The van der Waals surface area contributed by atoms with Crippen LogP contribution in [0.4, 0.5) is 0 Å². The van der Waals surface area contributed by atoms with Gasteiger partial charge in [-0.05, 0) is 0 Å². The van der Waals surface area contributed by atoms with Gasteiger partial charge in [-0.15, -0.1) is 11.3 Å². The third-order valence-corrected chi connectivity index (χ3v) is 2.60. The summed E-state index contributed by atoms with van der Waals surface area (Å²) in [5, 5.41) is 3.22. The lowest BCUT2D eigenvalue weighted by molar-refractivity contribution is 0.800. The minimum Gasteiger partial charge on any atom is -0.238 e. The molecule has 0 radical (unpaired) electrons. The van der Waals surface area contributed by atoms with Gasteiger partial charge in [0.2, 0.25) is 0 Å². The van der Waals surface area contributed by atoms with Crippen LogP contribution in [-0.2, 0) is 0 Å². The smallest absolute Gasteiger partial charge is 0.107 e. The van der Waals surface area contributed by atoms with Crippen LogP contribution in [0.2, 0.25) is 0 Å². The van der Waals surface area contributed by atoms with E-state index in [9.17, 15) is 0 Å². The molecule has 0 unspecified atom stereocenters. The van der Waals surface area contributed by atoms with E-state index < -0.39 is 0 Å². The Morgan fingerprint density at radius 2 is 2.20 bits per heavy atom. The van der Waals surface area contributed by atoms with Gasteiger partial charge in [0.05, 0.1) is 5.51 Å². The average molecular weight is 173 g/mol. The van der Waals surface area contributed by atoms with Crippen molar-refractivity contribution in [2.75, 3.05) is 0 Å². The summed E-state index contributed by atoms with van der Waals surface area (Å²) >= 11 is 3.46. The van der Waals surface area contributed by atoms with Crippen LogP contribution in [0, 0.1) is 0 Å². The van der Waals surface area contributed by atoms with Crippen molar-refractivity contribution in [1.29, 1.82) is 0 Å². The van der Waals surface area contributed by atoms with Crippen molar-refractivity contribution in [2.24, 2.45) is 0 Å². The van der Waals surface area contributed by atoms with E-state index in [1.54, 1.807) is 23.1 Å². The molecule has 0 bridgehead atoms. The summed E-state index contributed by atoms with van der Waals surface area (Å²) in [6, 6.07) is 0. The predicted octanol–water partition coefficient (Wildman–Crippen LogP) is 3.03. The maximum atomic E-state index is 4.18. The quantitative estimate of drug-likeness (QED) is 0.605. The second-order valence-electron chi connectivity index (χ2n) is 3.04. The molecule has 1 aromatic heterocycles. The van der Waals surface area contributed by atoms with Gasteiger partial charge < -0.3 is 0 Å². The highest BCUT2D eigenvalue weighted by Gasteiger charge is 2.12. The van der Waals surface area contributed by atoms with Crippen LogP contribution < -0.4 is 0 Å². The first-order chi connectivity index (χ1) is 4.58. The monoisotopic (exact) mass is 173 g/mol. The van der Waals surface area contributed by atoms with Gasteiger partial charge in [-0.2, -0.15) is 0 Å². The number of thiazole rings is 1. The molecule has 0 aliphatic heterocycles. The SMILES string of the molecule is CC(C)(C)Sc1cscn1. The van der Waals surface area contributed by atoms with Crippen LogP contribution in [0.1, 0.15) is 20.8 Å². The Kier molecular flexibility index (Phi) is 2.36. The molecule has 3 heteroatoms. The van der Waals surface area contributed by atoms with Gasteiger partial charge in [-0.1, -0.05) is 32.5 Å². The van der Waals surface area contributed by atoms with E-state index in [0.29, 0.717) is 0 Å². The molecule has 10 heavy (non-hydrogen) atoms. The van der Waals surface area contributed by atoms with Gasteiger partial charge in [-0.25, -0.2) is 4.98 Å². The number of aromatic nitrogens is 1. The van der Waals surface area contributed by atoms with Crippen molar-refractivity contribution >= 4 is 23.1 Å². The zero-order valence-electron chi connectivity index (χ0n) is 6.42. The number of hydrogen-bond donors (Lipinski definition) is 0. The molecule has 1 rings (SSSR count). The first kappa shape index (κ1) is 8.08. The molecule has 1 heterocycles. The number of rotatable bonds is 1. The fraction of sp³-hybridized carbons (Fsp3) is 0.571. The minimum atomic E-state index is 0.286. The Labute approximate surface area is 69.9 Å². The summed E-state index contributed by atoms with van der Waals surface area (Å²) in [5.41, 5.74) is 1.87. The number of thioether (sulfide) groups is 1. The van der Waals surface area contributed by atoms with Crippen LogP contribution in [0.3, 0.4) is 0 Å². The van der Waals surface area contributed by atoms with Gasteiger partial charge >= 0.3 is 0 Å². The predicted molar refractivity (Wildman–Crippen MR) is 47.7 cm³/mol. The van der Waals surface area contributed by atoms with E-state index in [0.717, 1.165) is 5.03 Å². The first-order valence-corrected chi connectivity index (χ1v) is 4.91. The van der Waals surface area contributed by atoms with E-state index in [1.807, 2.05) is 5.51 Å². The molecule has 56 valence electrons. The van der Waals surface area contributed by atoms with E-state index in [-0.39, 0.29) is 4.75 Å². The summed E-state index contributed by atoms with van der Waals surface area (Å²) in [4.78, 5) is 4.18. The Hall–Kier alpha value is -0.0200. The third-order valence-electron chi connectivity index (χ3n) is 0.820. The van der Waals surface area contributed by atoms with Gasteiger partial charge in [-0.3, -0.25) is 0 Å². The molecule has 1 nitrogen and oxygen atoms in total. The van der Waals surface area contributed by atoms with Crippen LogP contribution >= 0.6 is 23.1 Å². The van der Waals surface area contributed by atoms with Crippen LogP contribution in [-0.4, -0.2) is 9.73 Å². The van der Waals surface area contributed by atoms with Gasteiger partial charge in [0, 0.05) is 10.1 Å². The maximum Gasteiger partial charge on any atom is 0.107 e. The standard InChI is InChI=1S/C7H11NS2/c1-7(2,3)10-6-4-9-5-8-6/h4-5H,1-3H3. The molecule has 0 spiro atoms. The highest BCUT2D eigenvalue weighted by atomic mass is 32.2. The Morgan fingerprint density at radius 1 is 1.50 bits per heavy atom. The summed E-state index contributed by atoms with van der Waals surface area (Å²) in [6.45, 7) is 6.57. The lowest BCUT2D eigenvalue weighted by Crippen LogP contribution is -2.06. The van der Waals surface area contributed by atoms with Gasteiger partial charge in [0.25, 0.3) is 0 Å². The van der Waals surface area contributed by atoms with Gasteiger partial charge in [0.1, 0.15) is 5.03 Å². The lowest BCUT2D eigenvalue weighted by atomic mass is 10.3. The molecule has 0 N–H and O–H groups in total. The molecule has 0 saturated heterocycles. The van der Waals surface area contributed by atoms with Crippen molar-refractivity contribution in [3.8, 4) is 0 Å².